The van der Waals surface area contributed by atoms with Crippen molar-refractivity contribution < 1.29 is 5.11 Å². The van der Waals surface area contributed by atoms with Gasteiger partial charge in [0.2, 0.25) is 0 Å². The van der Waals surface area contributed by atoms with E-state index in [1.54, 1.807) is 0 Å². The van der Waals surface area contributed by atoms with Gasteiger partial charge in [-0.3, -0.25) is 0 Å². The topological polar surface area (TPSA) is 20.2 Å². The van der Waals surface area contributed by atoms with Gasteiger partial charge in [0.1, 0.15) is 5.75 Å². The first-order chi connectivity index (χ1) is 14.7. The van der Waals surface area contributed by atoms with E-state index >= 15 is 0 Å². The Balaban J connectivity index is 3.07. The van der Waals surface area contributed by atoms with Gasteiger partial charge in [0.15, 0.2) is 0 Å². The summed E-state index contributed by atoms with van der Waals surface area (Å²) in [5.74, 6) is 2.44. The number of hydrogen-bond donors (Lipinski definition) is 1. The van der Waals surface area contributed by atoms with Crippen LogP contribution in [0.1, 0.15) is 151 Å². The second-order valence-electron chi connectivity index (χ2n) is 9.79. The molecule has 1 N–H and O–H groups in total. The fraction of sp³-hybridized carbons (Fsp3) is 0.600. The van der Waals surface area contributed by atoms with Gasteiger partial charge >= 0.3 is 0 Å². The molecule has 31 heavy (non-hydrogen) atoms. The van der Waals surface area contributed by atoms with Gasteiger partial charge in [-0.2, -0.15) is 0 Å². The van der Waals surface area contributed by atoms with E-state index < -0.39 is 0 Å². The molecule has 0 radical (unpaired) electrons. The average Bonchev–Trinajstić information content (AvgIpc) is 2.81. The Morgan fingerprint density at radius 3 is 1.32 bits per heavy atom. The Morgan fingerprint density at radius 1 is 0.548 bits per heavy atom. The monoisotopic (exact) mass is 422 g/mol. The lowest BCUT2D eigenvalue weighted by Crippen LogP contribution is -2.18. The van der Waals surface area contributed by atoms with Gasteiger partial charge in [0, 0.05) is 17.0 Å². The summed E-state index contributed by atoms with van der Waals surface area (Å²) in [6.45, 7) is 20.8. The van der Waals surface area contributed by atoms with Crippen LogP contribution in [0.5, 0.6) is 5.75 Å². The molecule has 0 spiro atoms. The van der Waals surface area contributed by atoms with Gasteiger partial charge in [-0.1, -0.05) is 92.6 Å². The maximum Gasteiger partial charge on any atom is 0.123 e. The lowest BCUT2D eigenvalue weighted by molar-refractivity contribution is 0.444. The number of phenols is 1. The van der Waals surface area contributed by atoms with Crippen molar-refractivity contribution in [1.82, 2.24) is 0 Å². The number of benzene rings is 2. The lowest BCUT2D eigenvalue weighted by Gasteiger charge is -2.35. The Kier molecular flexibility index (Phi) is 9.22. The van der Waals surface area contributed by atoms with Crippen LogP contribution in [-0.4, -0.2) is 5.11 Å². The molecule has 1 heteroatoms. The van der Waals surface area contributed by atoms with Gasteiger partial charge in [0.25, 0.3) is 0 Å². The molecule has 0 heterocycles. The second-order valence-corrected chi connectivity index (χ2v) is 9.79. The minimum Gasteiger partial charge on any atom is -0.507 e. The second kappa shape index (κ2) is 11.2. The molecule has 1 nitrogen and oxygen atoms in total. The molecule has 5 unspecified atom stereocenters. The van der Waals surface area contributed by atoms with Crippen LogP contribution in [0, 0.1) is 0 Å². The number of hydrogen-bond acceptors (Lipinski definition) is 1. The molecule has 0 fully saturated rings. The third-order valence-electron chi connectivity index (χ3n) is 7.82. The largest absolute Gasteiger partial charge is 0.507 e. The lowest BCUT2D eigenvalue weighted by atomic mass is 9.70. The third-order valence-corrected chi connectivity index (χ3v) is 7.82. The zero-order chi connectivity index (χ0) is 23.3. The van der Waals surface area contributed by atoms with Gasteiger partial charge in [-0.25, -0.2) is 0 Å². The molecule has 0 aliphatic rings. The molecule has 172 valence electrons. The zero-order valence-corrected chi connectivity index (χ0v) is 21.5. The molecule has 2 aromatic carbocycles. The first kappa shape index (κ1) is 25.5. The number of aromatic hydroxyl groups is 1. The van der Waals surface area contributed by atoms with Gasteiger partial charge in [-0.15, -0.1) is 0 Å². The summed E-state index contributed by atoms with van der Waals surface area (Å²) >= 11 is 0. The fourth-order valence-corrected chi connectivity index (χ4v) is 5.09. The molecule has 0 bridgehead atoms. The minimum atomic E-state index is 0.168. The van der Waals surface area contributed by atoms with Gasteiger partial charge in [-0.05, 0) is 71.6 Å². The smallest absolute Gasteiger partial charge is 0.123 e. The van der Waals surface area contributed by atoms with E-state index in [1.165, 1.54) is 33.4 Å². The predicted octanol–water partition coefficient (Wildman–Crippen LogP) is 9.60. The summed E-state index contributed by atoms with van der Waals surface area (Å²) in [5, 5.41) is 12.0. The van der Waals surface area contributed by atoms with Crippen molar-refractivity contribution in [2.24, 2.45) is 0 Å². The Bertz CT molecular complexity index is 835. The SMILES string of the molecule is CCC(C)c1c(O)c(C(C)c2ccccc2)c(C(C)CC)c(C(C)CC)c1C(C)CC. The van der Waals surface area contributed by atoms with Crippen LogP contribution in [0.15, 0.2) is 30.3 Å². The van der Waals surface area contributed by atoms with Crippen LogP contribution in [0.2, 0.25) is 0 Å². The Morgan fingerprint density at radius 2 is 0.903 bits per heavy atom. The van der Waals surface area contributed by atoms with Crippen LogP contribution in [-0.2, 0) is 0 Å². The summed E-state index contributed by atoms with van der Waals surface area (Å²) in [6.07, 6.45) is 4.34. The van der Waals surface area contributed by atoms with Gasteiger partial charge < -0.3 is 5.11 Å². The molecule has 0 aromatic heterocycles. The van der Waals surface area contributed by atoms with Crippen LogP contribution >= 0.6 is 0 Å². The summed E-state index contributed by atoms with van der Waals surface area (Å²) in [5.41, 5.74) is 8.09. The fourth-order valence-electron chi connectivity index (χ4n) is 5.09. The predicted molar refractivity (Wildman–Crippen MR) is 137 cm³/mol. The Hall–Kier alpha value is -1.76. The maximum atomic E-state index is 12.0. The summed E-state index contributed by atoms with van der Waals surface area (Å²) < 4.78 is 0. The van der Waals surface area contributed by atoms with E-state index in [0.29, 0.717) is 29.4 Å². The average molecular weight is 423 g/mol. The van der Waals surface area contributed by atoms with E-state index in [2.05, 4.69) is 92.6 Å². The van der Waals surface area contributed by atoms with Crippen LogP contribution in [0.4, 0.5) is 0 Å². The van der Waals surface area contributed by atoms with Crippen molar-refractivity contribution in [3.8, 4) is 5.75 Å². The number of rotatable bonds is 10. The third kappa shape index (κ3) is 5.02. The Labute approximate surface area is 192 Å². The minimum absolute atomic E-state index is 0.168. The van der Waals surface area contributed by atoms with Crippen LogP contribution in [0.25, 0.3) is 0 Å². The molecule has 0 saturated heterocycles. The van der Waals surface area contributed by atoms with Crippen molar-refractivity contribution in [2.45, 2.75) is 118 Å². The van der Waals surface area contributed by atoms with E-state index in [0.717, 1.165) is 25.7 Å². The highest BCUT2D eigenvalue weighted by atomic mass is 16.3. The van der Waals surface area contributed by atoms with Gasteiger partial charge in [0.05, 0.1) is 0 Å². The van der Waals surface area contributed by atoms with Crippen molar-refractivity contribution in [1.29, 1.82) is 0 Å². The van der Waals surface area contributed by atoms with E-state index in [1.807, 2.05) is 0 Å². The highest BCUT2D eigenvalue weighted by Crippen LogP contribution is 2.51. The summed E-state index contributed by atoms with van der Waals surface area (Å²) in [7, 11) is 0. The summed E-state index contributed by atoms with van der Waals surface area (Å²) in [4.78, 5) is 0. The molecule has 0 saturated carbocycles. The van der Waals surface area contributed by atoms with E-state index in [4.69, 9.17) is 0 Å². The molecule has 0 amide bonds. The molecule has 2 aromatic rings. The molecular formula is C30H46O. The maximum absolute atomic E-state index is 12.0. The normalized spacial score (nSPS) is 16.5. The highest BCUT2D eigenvalue weighted by molar-refractivity contribution is 5.62. The van der Waals surface area contributed by atoms with Crippen molar-refractivity contribution in [2.75, 3.05) is 0 Å². The standard InChI is InChI=1S/C30H46O/c1-10-19(5)25-26(20(6)11-2)28(22(8)13-4)30(31)29(27(25)21(7)12-3)23(9)24-17-15-14-16-18-24/h14-23,31H,10-13H2,1-9H3. The van der Waals surface area contributed by atoms with Crippen molar-refractivity contribution in [3.63, 3.8) is 0 Å². The first-order valence-corrected chi connectivity index (χ1v) is 12.7. The molecule has 5 atom stereocenters. The first-order valence-electron chi connectivity index (χ1n) is 12.7. The molecule has 2 rings (SSSR count). The zero-order valence-electron chi connectivity index (χ0n) is 21.5. The van der Waals surface area contributed by atoms with E-state index in [-0.39, 0.29) is 5.92 Å². The summed E-state index contributed by atoms with van der Waals surface area (Å²) in [6, 6.07) is 10.7. The quantitative estimate of drug-likeness (QED) is 0.404. The van der Waals surface area contributed by atoms with Crippen LogP contribution < -0.4 is 0 Å². The molecule has 0 aliphatic carbocycles. The highest BCUT2D eigenvalue weighted by Gasteiger charge is 2.33. The van der Waals surface area contributed by atoms with Crippen molar-refractivity contribution >= 4 is 0 Å². The van der Waals surface area contributed by atoms with E-state index in [9.17, 15) is 5.11 Å². The van der Waals surface area contributed by atoms with Crippen LogP contribution in [0.3, 0.4) is 0 Å². The number of phenolic OH excluding ortho intramolecular Hbond substituents is 1. The molecular weight excluding hydrogens is 376 g/mol. The molecule has 0 aliphatic heterocycles. The van der Waals surface area contributed by atoms with Crippen molar-refractivity contribution in [3.05, 3.63) is 63.7 Å².